The number of nitrogens with one attached hydrogen (secondary N) is 1. The highest BCUT2D eigenvalue weighted by Crippen LogP contribution is 2.32. The topological polar surface area (TPSA) is 105 Å². The maximum Gasteiger partial charge on any atom is 0.254 e. The van der Waals surface area contributed by atoms with Crippen LogP contribution in [0.15, 0.2) is 72.8 Å². The quantitative estimate of drug-likeness (QED) is 0.229. The first-order chi connectivity index (χ1) is 19.4. The Morgan fingerprint density at radius 3 is 2.23 bits per heavy atom. The molecule has 0 fully saturated rings. The van der Waals surface area contributed by atoms with Gasteiger partial charge in [0, 0.05) is 36.7 Å². The zero-order valence-corrected chi connectivity index (χ0v) is 23.9. The minimum atomic E-state index is -0.872. The number of amides is 2. The van der Waals surface area contributed by atoms with E-state index in [0.717, 1.165) is 36.1 Å². The highest BCUT2D eigenvalue weighted by molar-refractivity contribution is 6.02. The van der Waals surface area contributed by atoms with E-state index in [1.807, 2.05) is 73.3 Å². The lowest BCUT2D eigenvalue weighted by atomic mass is 9.81. The van der Waals surface area contributed by atoms with Crippen molar-refractivity contribution in [2.75, 3.05) is 33.3 Å². The number of ether oxygens (including phenoxy) is 1. The van der Waals surface area contributed by atoms with Crippen LogP contribution in [0, 0.1) is 0 Å². The first-order valence-electron chi connectivity index (χ1n) is 14.2. The van der Waals surface area contributed by atoms with Crippen molar-refractivity contribution >= 4 is 11.8 Å². The van der Waals surface area contributed by atoms with Crippen LogP contribution >= 0.6 is 0 Å². The van der Waals surface area contributed by atoms with Crippen LogP contribution in [0.1, 0.15) is 70.0 Å². The summed E-state index contributed by atoms with van der Waals surface area (Å²) in [5.41, 5.74) is 9.19. The minimum Gasteiger partial charge on any atom is -0.497 e. The van der Waals surface area contributed by atoms with Crippen molar-refractivity contribution in [3.05, 3.63) is 101 Å². The van der Waals surface area contributed by atoms with Crippen LogP contribution in [0.25, 0.3) is 0 Å². The zero-order valence-electron chi connectivity index (χ0n) is 23.9. The van der Waals surface area contributed by atoms with E-state index in [-0.39, 0.29) is 18.0 Å². The number of carbonyl (C=O) groups excluding carboxylic acids is 2. The van der Waals surface area contributed by atoms with Gasteiger partial charge in [0.2, 0.25) is 5.91 Å². The molecule has 0 aliphatic heterocycles. The molecule has 0 heterocycles. The second-order valence-corrected chi connectivity index (χ2v) is 10.1. The number of hydrogen-bond donors (Lipinski definition) is 3. The van der Waals surface area contributed by atoms with Gasteiger partial charge in [0.1, 0.15) is 5.75 Å². The number of hydrogen-bond acceptors (Lipinski definition) is 5. The van der Waals surface area contributed by atoms with Crippen molar-refractivity contribution in [1.82, 2.24) is 10.2 Å². The van der Waals surface area contributed by atoms with Crippen LogP contribution < -0.4 is 15.8 Å². The van der Waals surface area contributed by atoms with Crippen LogP contribution in [-0.4, -0.2) is 61.2 Å². The number of benzene rings is 3. The molecule has 3 rings (SSSR count). The summed E-state index contributed by atoms with van der Waals surface area (Å²) in [4.78, 5) is 28.3. The Balaban J connectivity index is 1.93. The van der Waals surface area contributed by atoms with Gasteiger partial charge in [-0.05, 0) is 73.2 Å². The summed E-state index contributed by atoms with van der Waals surface area (Å²) in [5, 5.41) is 15.0. The van der Waals surface area contributed by atoms with Gasteiger partial charge in [-0.25, -0.2) is 0 Å². The van der Waals surface area contributed by atoms with Crippen molar-refractivity contribution in [3.8, 4) is 5.75 Å². The third kappa shape index (κ3) is 8.41. The van der Waals surface area contributed by atoms with E-state index in [9.17, 15) is 14.7 Å². The van der Waals surface area contributed by atoms with E-state index < -0.39 is 17.9 Å². The van der Waals surface area contributed by atoms with Gasteiger partial charge in [-0.15, -0.1) is 0 Å². The van der Waals surface area contributed by atoms with Gasteiger partial charge >= 0.3 is 0 Å². The standard InChI is InChI=1S/C33H43N3O4/c1-4-19-36(20-5-2)33(39)28-16-10-15-27(32(34)38)31(28)29(22-24-11-7-6-8-12-24)30(37)23-35-18-17-25-13-9-14-26(21-25)40-3/h6-16,21,29-30,35,37H,4-5,17-20,22-23H2,1-3H3,(H2,34,38)/t29-,30?/m1/s1. The third-order valence-corrected chi connectivity index (χ3v) is 7.09. The number of primary amides is 1. The Bertz CT molecular complexity index is 1230. The molecular weight excluding hydrogens is 502 g/mol. The minimum absolute atomic E-state index is 0.141. The van der Waals surface area contributed by atoms with E-state index in [4.69, 9.17) is 10.5 Å². The van der Waals surface area contributed by atoms with Crippen LogP contribution in [0.2, 0.25) is 0 Å². The van der Waals surface area contributed by atoms with Crippen LogP contribution in [-0.2, 0) is 12.8 Å². The van der Waals surface area contributed by atoms with E-state index >= 15 is 0 Å². The maximum absolute atomic E-state index is 13.8. The lowest BCUT2D eigenvalue weighted by Gasteiger charge is -2.29. The van der Waals surface area contributed by atoms with Gasteiger partial charge < -0.3 is 25.8 Å². The van der Waals surface area contributed by atoms with Gasteiger partial charge in [0.25, 0.3) is 5.91 Å². The first kappa shape index (κ1) is 30.9. The molecule has 0 saturated carbocycles. The molecule has 2 atom stereocenters. The van der Waals surface area contributed by atoms with Gasteiger partial charge in [-0.1, -0.05) is 62.4 Å². The molecule has 0 aliphatic carbocycles. The second-order valence-electron chi connectivity index (χ2n) is 10.1. The SMILES string of the molecule is CCCN(CCC)C(=O)c1cccc(C(N)=O)c1[C@H](Cc1ccccc1)C(O)CNCCc1cccc(OC)c1. The molecule has 7 nitrogen and oxygen atoms in total. The number of nitrogens with two attached hydrogens (primary N) is 1. The largest absolute Gasteiger partial charge is 0.497 e. The van der Waals surface area contributed by atoms with Gasteiger partial charge in [-0.2, -0.15) is 0 Å². The third-order valence-electron chi connectivity index (χ3n) is 7.09. The molecule has 0 aromatic heterocycles. The molecule has 4 N–H and O–H groups in total. The molecule has 7 heteroatoms. The molecule has 1 unspecified atom stereocenters. The van der Waals surface area contributed by atoms with E-state index in [1.54, 1.807) is 25.3 Å². The zero-order chi connectivity index (χ0) is 28.9. The van der Waals surface area contributed by atoms with Crippen LogP contribution in [0.5, 0.6) is 5.75 Å². The van der Waals surface area contributed by atoms with Crippen molar-refractivity contribution in [2.45, 2.75) is 51.6 Å². The summed E-state index contributed by atoms with van der Waals surface area (Å²) in [5.74, 6) is -0.475. The monoisotopic (exact) mass is 545 g/mol. The molecule has 0 radical (unpaired) electrons. The van der Waals surface area contributed by atoms with Gasteiger partial charge in [0.15, 0.2) is 0 Å². The Morgan fingerprint density at radius 2 is 1.57 bits per heavy atom. The lowest BCUT2D eigenvalue weighted by Crippen LogP contribution is -2.38. The van der Waals surface area contributed by atoms with Gasteiger partial charge in [-0.3, -0.25) is 9.59 Å². The fourth-order valence-electron chi connectivity index (χ4n) is 5.14. The molecule has 0 saturated heterocycles. The van der Waals surface area contributed by atoms with Crippen LogP contribution in [0.3, 0.4) is 0 Å². The molecule has 214 valence electrons. The maximum atomic E-state index is 13.8. The summed E-state index contributed by atoms with van der Waals surface area (Å²) in [6.45, 7) is 6.24. The summed E-state index contributed by atoms with van der Waals surface area (Å²) >= 11 is 0. The number of rotatable bonds is 16. The number of aliphatic hydroxyl groups is 1. The van der Waals surface area contributed by atoms with Crippen molar-refractivity contribution in [3.63, 3.8) is 0 Å². The fourth-order valence-corrected chi connectivity index (χ4v) is 5.14. The summed E-state index contributed by atoms with van der Waals surface area (Å²) < 4.78 is 5.32. The smallest absolute Gasteiger partial charge is 0.254 e. The molecule has 0 bridgehead atoms. The average molecular weight is 546 g/mol. The first-order valence-corrected chi connectivity index (χ1v) is 14.2. The number of carbonyl (C=O) groups is 2. The number of methoxy groups -OCH3 is 1. The molecule has 3 aromatic carbocycles. The summed E-state index contributed by atoms with van der Waals surface area (Å²) in [6.07, 6.45) is 1.99. The molecule has 3 aromatic rings. The normalized spacial score (nSPS) is 12.5. The van der Waals surface area contributed by atoms with Gasteiger partial charge in [0.05, 0.1) is 13.2 Å². The van der Waals surface area contributed by atoms with Crippen molar-refractivity contribution < 1.29 is 19.4 Å². The van der Waals surface area contributed by atoms with E-state index in [1.165, 1.54) is 0 Å². The fraction of sp³-hybridized carbons (Fsp3) is 0.394. The van der Waals surface area contributed by atoms with Crippen molar-refractivity contribution in [1.29, 1.82) is 0 Å². The summed E-state index contributed by atoms with van der Waals surface area (Å²) in [7, 11) is 1.65. The molecule has 40 heavy (non-hydrogen) atoms. The Labute approximate surface area is 238 Å². The highest BCUT2D eigenvalue weighted by atomic mass is 16.5. The Kier molecular flexibility index (Phi) is 12.2. The summed E-state index contributed by atoms with van der Waals surface area (Å²) in [6, 6.07) is 22.8. The number of aliphatic hydroxyl groups excluding tert-OH is 1. The predicted octanol–water partition coefficient (Wildman–Crippen LogP) is 4.58. The lowest BCUT2D eigenvalue weighted by molar-refractivity contribution is 0.0751. The average Bonchev–Trinajstić information content (AvgIpc) is 2.97. The van der Waals surface area contributed by atoms with Crippen molar-refractivity contribution in [2.24, 2.45) is 5.73 Å². The molecular formula is C33H43N3O4. The predicted molar refractivity (Wildman–Crippen MR) is 160 cm³/mol. The van der Waals surface area contributed by atoms with E-state index in [2.05, 4.69) is 5.32 Å². The van der Waals surface area contributed by atoms with Crippen LogP contribution in [0.4, 0.5) is 0 Å². The Hall–Kier alpha value is -3.68. The van der Waals surface area contributed by atoms with E-state index in [0.29, 0.717) is 37.2 Å². The number of nitrogens with zero attached hydrogens (tertiary/aromatic N) is 1. The highest BCUT2D eigenvalue weighted by Gasteiger charge is 2.31. The second kappa shape index (κ2) is 15.8. The Morgan fingerprint density at radius 1 is 0.925 bits per heavy atom. The molecule has 2 amide bonds. The molecule has 0 aliphatic rings. The molecule has 0 spiro atoms.